The maximum Gasteiger partial charge on any atom is 0.223 e. The predicted molar refractivity (Wildman–Crippen MR) is 214 cm³/mol. The van der Waals surface area contributed by atoms with Gasteiger partial charge in [-0.1, -0.05) is 40.9 Å². The van der Waals surface area contributed by atoms with Crippen LogP contribution in [0.1, 0.15) is 30.8 Å². The number of rotatable bonds is 13. The van der Waals surface area contributed by atoms with Crippen LogP contribution in [0.25, 0.3) is 21.1 Å². The molecule has 4 heterocycles. The number of benzene rings is 2. The normalized spacial score (nSPS) is 11.1. The Morgan fingerprint density at radius 3 is 1.72 bits per heavy atom. The van der Waals surface area contributed by atoms with Crippen molar-refractivity contribution in [3.63, 3.8) is 0 Å². The SMILES string of the molecule is CC(=O)Nc1nc(C)c(-c2csc(Nc3ccc(CCO)cc3)n2)s1.CC(=O)Nc1nc(C)c(-c2csc(Nc3cccc(S(=O)(=O)CCO)c3)n2)s1. The van der Waals surface area contributed by atoms with Gasteiger partial charge in [-0.05, 0) is 56.2 Å². The van der Waals surface area contributed by atoms with Crippen LogP contribution in [-0.2, 0) is 25.8 Å². The fourth-order valence-electron chi connectivity index (χ4n) is 4.68. The van der Waals surface area contributed by atoms with Crippen molar-refractivity contribution in [1.29, 1.82) is 0 Å². The van der Waals surface area contributed by atoms with Gasteiger partial charge in [-0.25, -0.2) is 28.4 Å². The zero-order valence-corrected chi connectivity index (χ0v) is 33.0. The van der Waals surface area contributed by atoms with Crippen LogP contribution in [0.2, 0.25) is 0 Å². The van der Waals surface area contributed by atoms with E-state index in [1.54, 1.807) is 12.1 Å². The first kappa shape index (κ1) is 39.6. The van der Waals surface area contributed by atoms with E-state index < -0.39 is 16.4 Å². The molecule has 2 amide bonds. The highest BCUT2D eigenvalue weighted by molar-refractivity contribution is 7.91. The third-order valence-electron chi connectivity index (χ3n) is 7.04. The van der Waals surface area contributed by atoms with Gasteiger partial charge in [0.05, 0.1) is 49.8 Å². The minimum atomic E-state index is -3.52. The number of nitrogens with one attached hydrogen (secondary N) is 4. The van der Waals surface area contributed by atoms with E-state index in [1.807, 2.05) is 48.9 Å². The summed E-state index contributed by atoms with van der Waals surface area (Å²) in [6, 6.07) is 14.3. The number of sulfone groups is 1. The summed E-state index contributed by atoms with van der Waals surface area (Å²) in [5.41, 5.74) is 5.81. The van der Waals surface area contributed by atoms with E-state index in [4.69, 9.17) is 10.2 Å². The van der Waals surface area contributed by atoms with E-state index in [9.17, 15) is 18.0 Å². The van der Waals surface area contributed by atoms with Crippen molar-refractivity contribution >= 4 is 98.9 Å². The predicted octanol–water partition coefficient (Wildman–Crippen LogP) is 6.85. The first-order chi connectivity index (χ1) is 25.3. The van der Waals surface area contributed by atoms with Crippen molar-refractivity contribution in [1.82, 2.24) is 19.9 Å². The number of thiazole rings is 4. The number of anilines is 6. The lowest BCUT2D eigenvalue weighted by Crippen LogP contribution is -2.10. The quantitative estimate of drug-likeness (QED) is 0.0708. The molecule has 6 rings (SSSR count). The zero-order chi connectivity index (χ0) is 38.1. The van der Waals surface area contributed by atoms with Crippen LogP contribution in [-0.4, -0.2) is 69.3 Å². The summed E-state index contributed by atoms with van der Waals surface area (Å²) in [4.78, 5) is 42.1. The summed E-state index contributed by atoms with van der Waals surface area (Å²) in [5, 5.41) is 36.0. The van der Waals surface area contributed by atoms with Gasteiger partial charge < -0.3 is 31.5 Å². The third kappa shape index (κ3) is 10.9. The molecule has 0 spiro atoms. The zero-order valence-electron chi connectivity index (χ0n) is 29.0. The molecule has 0 unspecified atom stereocenters. The molecule has 0 radical (unpaired) electrons. The van der Waals surface area contributed by atoms with E-state index >= 15 is 0 Å². The Labute approximate surface area is 322 Å². The summed E-state index contributed by atoms with van der Waals surface area (Å²) in [6.45, 7) is 6.37. The second kappa shape index (κ2) is 17.9. The first-order valence-corrected chi connectivity index (χ1v) is 21.0. The van der Waals surface area contributed by atoms with Gasteiger partial charge in [-0.2, -0.15) is 0 Å². The number of nitrogens with zero attached hydrogens (tertiary/aromatic N) is 4. The highest BCUT2D eigenvalue weighted by Crippen LogP contribution is 2.36. The molecule has 0 bridgehead atoms. The van der Waals surface area contributed by atoms with Gasteiger partial charge in [-0.3, -0.25) is 9.59 Å². The number of hydrogen-bond acceptors (Lipinski definition) is 16. The molecule has 6 N–H and O–H groups in total. The lowest BCUT2D eigenvalue weighted by atomic mass is 10.1. The first-order valence-electron chi connectivity index (χ1n) is 15.9. The second-order valence-corrected chi connectivity index (χ2v) is 17.1. The van der Waals surface area contributed by atoms with Gasteiger partial charge in [0.25, 0.3) is 0 Å². The minimum Gasteiger partial charge on any atom is -0.396 e. The molecule has 6 aromatic rings. The average molecular weight is 813 g/mol. The van der Waals surface area contributed by atoms with E-state index in [-0.39, 0.29) is 29.1 Å². The molecule has 0 aliphatic rings. The van der Waals surface area contributed by atoms with Crippen LogP contribution < -0.4 is 21.3 Å². The minimum absolute atomic E-state index is 0.134. The number of carbonyl (C=O) groups excluding carboxylic acids is 2. The highest BCUT2D eigenvalue weighted by atomic mass is 32.2. The molecular weight excluding hydrogens is 777 g/mol. The van der Waals surface area contributed by atoms with Crippen molar-refractivity contribution in [2.75, 3.05) is 40.2 Å². The third-order valence-corrected chi connectivity index (χ3v) is 12.4. The Kier molecular flexibility index (Phi) is 13.4. The standard InChI is InChI=1S/C17H18N4O4S3.C17H18N4O2S2/c1-10-15(27-17(18-10)19-11(2)23)14-9-26-16(21-14)20-12-4-3-5-13(8-12)28(24,25)7-6-22;1-10-15(25-17(18-10)19-11(2)23)14-9-24-16(21-14)20-13-5-3-12(4-6-13)7-8-22/h3-5,8-9,22H,6-7H2,1-2H3,(H,20,21)(H,18,19,23);3-6,9,22H,7-8H2,1-2H3,(H,20,21)(H,18,19,23). The Bertz CT molecular complexity index is 2300. The molecule has 14 nitrogen and oxygen atoms in total. The van der Waals surface area contributed by atoms with Gasteiger partial charge in [0.1, 0.15) is 0 Å². The Morgan fingerprint density at radius 2 is 1.23 bits per heavy atom. The van der Waals surface area contributed by atoms with Crippen LogP contribution in [0.5, 0.6) is 0 Å². The summed E-state index contributed by atoms with van der Waals surface area (Å²) in [6.07, 6.45) is 0.656. The molecule has 0 atom stereocenters. The smallest absolute Gasteiger partial charge is 0.223 e. The number of carbonyl (C=O) groups is 2. The van der Waals surface area contributed by atoms with Crippen LogP contribution >= 0.6 is 45.3 Å². The topological polar surface area (TPSA) is 208 Å². The van der Waals surface area contributed by atoms with Crippen molar-refractivity contribution in [2.45, 2.75) is 39.0 Å². The largest absolute Gasteiger partial charge is 0.396 e. The number of aliphatic hydroxyl groups excluding tert-OH is 2. The molecule has 0 aliphatic heterocycles. The van der Waals surface area contributed by atoms with Crippen LogP contribution in [0.3, 0.4) is 0 Å². The molecular formula is C34H36N8O6S5. The van der Waals surface area contributed by atoms with Crippen molar-refractivity contribution in [2.24, 2.45) is 0 Å². The molecule has 2 aromatic carbocycles. The van der Waals surface area contributed by atoms with E-state index in [1.165, 1.54) is 71.3 Å². The van der Waals surface area contributed by atoms with Crippen molar-refractivity contribution in [3.8, 4) is 21.1 Å². The van der Waals surface area contributed by atoms with Gasteiger partial charge in [0.2, 0.25) is 11.8 Å². The van der Waals surface area contributed by atoms with E-state index in [2.05, 4.69) is 41.2 Å². The monoisotopic (exact) mass is 812 g/mol. The van der Waals surface area contributed by atoms with Crippen LogP contribution in [0.4, 0.5) is 31.9 Å². The molecule has 53 heavy (non-hydrogen) atoms. The van der Waals surface area contributed by atoms with Crippen LogP contribution in [0.15, 0.2) is 64.2 Å². The van der Waals surface area contributed by atoms with Crippen LogP contribution in [0, 0.1) is 13.8 Å². The fraction of sp³-hybridized carbons (Fsp3) is 0.235. The van der Waals surface area contributed by atoms with Crippen molar-refractivity contribution in [3.05, 3.63) is 76.2 Å². The number of aliphatic hydroxyl groups is 2. The van der Waals surface area contributed by atoms with Gasteiger partial charge in [0.15, 0.2) is 30.4 Å². The lowest BCUT2D eigenvalue weighted by molar-refractivity contribution is -0.115. The summed E-state index contributed by atoms with van der Waals surface area (Å²) >= 11 is 5.65. The average Bonchev–Trinajstić information content (AvgIpc) is 3.90. The lowest BCUT2D eigenvalue weighted by Gasteiger charge is -2.06. The number of aromatic nitrogens is 4. The Morgan fingerprint density at radius 1 is 0.698 bits per heavy atom. The number of amides is 2. The molecule has 0 saturated heterocycles. The molecule has 19 heteroatoms. The Balaban J connectivity index is 0.000000206. The molecule has 278 valence electrons. The van der Waals surface area contributed by atoms with Crippen molar-refractivity contribution < 1.29 is 28.2 Å². The fourth-order valence-corrected chi connectivity index (χ4v) is 9.29. The summed E-state index contributed by atoms with van der Waals surface area (Å²) in [5.74, 6) is -0.637. The van der Waals surface area contributed by atoms with Gasteiger partial charge >= 0.3 is 0 Å². The highest BCUT2D eigenvalue weighted by Gasteiger charge is 2.17. The second-order valence-electron chi connectivity index (χ2n) is 11.3. The molecule has 0 fully saturated rings. The Hall–Kier alpha value is -4.63. The maximum atomic E-state index is 12.1. The molecule has 4 aromatic heterocycles. The summed E-state index contributed by atoms with van der Waals surface area (Å²) < 4.78 is 24.2. The number of aryl methyl sites for hydroxylation is 2. The molecule has 0 aliphatic carbocycles. The number of hydrogen-bond donors (Lipinski definition) is 6. The maximum absolute atomic E-state index is 12.1. The summed E-state index contributed by atoms with van der Waals surface area (Å²) in [7, 11) is -3.52. The molecule has 0 saturated carbocycles. The van der Waals surface area contributed by atoms with Gasteiger partial charge in [-0.15, -0.1) is 22.7 Å². The van der Waals surface area contributed by atoms with E-state index in [0.29, 0.717) is 27.5 Å². The van der Waals surface area contributed by atoms with E-state index in [0.717, 1.165) is 48.9 Å². The van der Waals surface area contributed by atoms with Gasteiger partial charge in [0, 0.05) is 42.6 Å².